The third-order valence-electron chi connectivity index (χ3n) is 4.49. The van der Waals surface area contributed by atoms with Gasteiger partial charge in [-0.3, -0.25) is 4.57 Å². The first kappa shape index (κ1) is 15.5. The van der Waals surface area contributed by atoms with Crippen LogP contribution in [-0.4, -0.2) is 32.7 Å². The Morgan fingerprint density at radius 2 is 1.96 bits per heavy atom. The summed E-state index contributed by atoms with van der Waals surface area (Å²) in [6.45, 7) is 1.35. The largest absolute Gasteiger partial charge is 0.406 e. The van der Waals surface area contributed by atoms with E-state index in [1.807, 2.05) is 35.2 Å². The molecule has 0 saturated carbocycles. The Bertz CT molecular complexity index is 678. The van der Waals surface area contributed by atoms with E-state index < -0.39 is 11.0 Å². The molecule has 1 atom stereocenters. The molecule has 23 heavy (non-hydrogen) atoms. The fourth-order valence-electron chi connectivity index (χ4n) is 3.25. The molecular weight excluding hydrogens is 296 g/mol. The van der Waals surface area contributed by atoms with Crippen LogP contribution in [0.15, 0.2) is 36.7 Å². The van der Waals surface area contributed by atoms with Crippen LogP contribution in [0.1, 0.15) is 24.5 Å². The molecule has 7 heteroatoms. The Balaban J connectivity index is 1.70. The number of benzene rings is 1. The highest BCUT2D eigenvalue weighted by Gasteiger charge is 2.31. The Hall–Kier alpha value is -2.41. The van der Waals surface area contributed by atoms with E-state index in [4.69, 9.17) is 0 Å². The Morgan fingerprint density at radius 1 is 1.30 bits per heavy atom. The predicted octanol–water partition coefficient (Wildman–Crippen LogP) is 2.28. The molecule has 1 aliphatic rings. The van der Waals surface area contributed by atoms with E-state index >= 15 is 0 Å². The van der Waals surface area contributed by atoms with E-state index in [1.54, 1.807) is 11.6 Å². The molecule has 0 amide bonds. The molecule has 2 heterocycles. The standard InChI is InChI=1S/C16H20N4O3/c1-18-11-17-15(20(22)23)16(18)19-9-7-13(8-10-19)14(21)12-5-3-2-4-6-12/h2-6,11,13-14,21H,7-10H2,1H3/t14-/m1/s1. The van der Waals surface area contributed by atoms with E-state index in [0.717, 1.165) is 18.4 Å². The number of aryl methyl sites for hydroxylation is 1. The lowest BCUT2D eigenvalue weighted by Crippen LogP contribution is -2.37. The average Bonchev–Trinajstić information content (AvgIpc) is 2.97. The Labute approximate surface area is 134 Å². The fraction of sp³-hybridized carbons (Fsp3) is 0.438. The lowest BCUT2D eigenvalue weighted by molar-refractivity contribution is -0.388. The number of nitro groups is 1. The van der Waals surface area contributed by atoms with Gasteiger partial charge >= 0.3 is 5.82 Å². The van der Waals surface area contributed by atoms with Gasteiger partial charge in [0.2, 0.25) is 12.1 Å². The van der Waals surface area contributed by atoms with Crippen molar-refractivity contribution in [2.45, 2.75) is 18.9 Å². The quantitative estimate of drug-likeness (QED) is 0.691. The van der Waals surface area contributed by atoms with Crippen LogP contribution in [0.2, 0.25) is 0 Å². The van der Waals surface area contributed by atoms with Crippen molar-refractivity contribution in [3.8, 4) is 0 Å². The Kier molecular flexibility index (Phi) is 4.29. The average molecular weight is 316 g/mol. The van der Waals surface area contributed by atoms with Crippen molar-refractivity contribution in [3.05, 3.63) is 52.3 Å². The third-order valence-corrected chi connectivity index (χ3v) is 4.49. The van der Waals surface area contributed by atoms with Gasteiger partial charge in [-0.25, -0.2) is 0 Å². The summed E-state index contributed by atoms with van der Waals surface area (Å²) >= 11 is 0. The van der Waals surface area contributed by atoms with E-state index in [-0.39, 0.29) is 11.7 Å². The van der Waals surface area contributed by atoms with Gasteiger partial charge in [0, 0.05) is 20.1 Å². The highest BCUT2D eigenvalue weighted by Crippen LogP contribution is 2.34. The highest BCUT2D eigenvalue weighted by molar-refractivity contribution is 5.54. The number of piperidine rings is 1. The summed E-state index contributed by atoms with van der Waals surface area (Å²) in [4.78, 5) is 16.5. The van der Waals surface area contributed by atoms with Gasteiger partial charge in [0.15, 0.2) is 0 Å². The number of anilines is 1. The zero-order valence-electron chi connectivity index (χ0n) is 13.0. The normalized spacial score (nSPS) is 17.2. The molecule has 1 aliphatic heterocycles. The molecule has 1 fully saturated rings. The molecule has 0 radical (unpaired) electrons. The van der Waals surface area contributed by atoms with Crippen molar-refractivity contribution in [2.24, 2.45) is 13.0 Å². The van der Waals surface area contributed by atoms with Crippen molar-refractivity contribution in [1.82, 2.24) is 9.55 Å². The molecular formula is C16H20N4O3. The minimum Gasteiger partial charge on any atom is -0.388 e. The molecule has 1 N–H and O–H groups in total. The van der Waals surface area contributed by atoms with Gasteiger partial charge in [0.05, 0.1) is 6.10 Å². The molecule has 0 spiro atoms. The maximum atomic E-state index is 11.1. The maximum absolute atomic E-state index is 11.1. The number of aromatic nitrogens is 2. The molecule has 1 aromatic carbocycles. The number of hydrogen-bond donors (Lipinski definition) is 1. The molecule has 0 bridgehead atoms. The number of hydrogen-bond acceptors (Lipinski definition) is 5. The number of aliphatic hydroxyl groups excluding tert-OH is 1. The summed E-state index contributed by atoms with van der Waals surface area (Å²) in [7, 11) is 1.76. The number of rotatable bonds is 4. The predicted molar refractivity (Wildman–Crippen MR) is 86.2 cm³/mol. The van der Waals surface area contributed by atoms with Gasteiger partial charge in [-0.05, 0) is 34.2 Å². The number of aliphatic hydroxyl groups is 1. The zero-order chi connectivity index (χ0) is 16.4. The molecule has 122 valence electrons. The van der Waals surface area contributed by atoms with Crippen LogP contribution in [0.5, 0.6) is 0 Å². The second kappa shape index (κ2) is 6.37. The van der Waals surface area contributed by atoms with Gasteiger partial charge in [-0.2, -0.15) is 0 Å². The van der Waals surface area contributed by atoms with Crippen LogP contribution in [0.3, 0.4) is 0 Å². The molecule has 1 saturated heterocycles. The van der Waals surface area contributed by atoms with Gasteiger partial charge in [0.25, 0.3) is 0 Å². The zero-order valence-corrected chi connectivity index (χ0v) is 13.0. The van der Waals surface area contributed by atoms with Crippen LogP contribution in [-0.2, 0) is 7.05 Å². The molecule has 1 aromatic heterocycles. The van der Waals surface area contributed by atoms with Crippen molar-refractivity contribution in [1.29, 1.82) is 0 Å². The summed E-state index contributed by atoms with van der Waals surface area (Å²) in [6.07, 6.45) is 2.56. The summed E-state index contributed by atoms with van der Waals surface area (Å²) in [5, 5.41) is 21.6. The lowest BCUT2D eigenvalue weighted by Gasteiger charge is -2.35. The fourth-order valence-corrected chi connectivity index (χ4v) is 3.25. The monoisotopic (exact) mass is 316 g/mol. The minimum atomic E-state index is -0.486. The molecule has 0 aliphatic carbocycles. The van der Waals surface area contributed by atoms with E-state index in [2.05, 4.69) is 4.98 Å². The van der Waals surface area contributed by atoms with Gasteiger partial charge in [-0.15, -0.1) is 0 Å². The van der Waals surface area contributed by atoms with E-state index in [0.29, 0.717) is 18.9 Å². The van der Waals surface area contributed by atoms with Crippen LogP contribution < -0.4 is 4.90 Å². The smallest absolute Gasteiger partial charge is 0.388 e. The summed E-state index contributed by atoms with van der Waals surface area (Å²) in [5.41, 5.74) is 0.928. The lowest BCUT2D eigenvalue weighted by atomic mass is 9.87. The van der Waals surface area contributed by atoms with Crippen LogP contribution in [0.4, 0.5) is 11.6 Å². The van der Waals surface area contributed by atoms with Crippen molar-refractivity contribution >= 4 is 11.6 Å². The summed E-state index contributed by atoms with van der Waals surface area (Å²) in [5.74, 6) is 0.609. The number of nitrogens with zero attached hydrogens (tertiary/aromatic N) is 4. The van der Waals surface area contributed by atoms with E-state index in [1.165, 1.54) is 6.33 Å². The van der Waals surface area contributed by atoms with E-state index in [9.17, 15) is 15.2 Å². The first-order chi connectivity index (χ1) is 11.1. The number of imidazole rings is 1. The SMILES string of the molecule is Cn1cnc([N+](=O)[O-])c1N1CCC([C@H](O)c2ccccc2)CC1. The van der Waals surface area contributed by atoms with Crippen LogP contribution in [0, 0.1) is 16.0 Å². The molecule has 2 aromatic rings. The minimum absolute atomic E-state index is 0.102. The first-order valence-electron chi connectivity index (χ1n) is 7.71. The Morgan fingerprint density at radius 3 is 2.57 bits per heavy atom. The maximum Gasteiger partial charge on any atom is 0.406 e. The summed E-state index contributed by atoms with van der Waals surface area (Å²) in [6, 6.07) is 9.64. The second-order valence-electron chi connectivity index (χ2n) is 5.94. The first-order valence-corrected chi connectivity index (χ1v) is 7.71. The van der Waals surface area contributed by atoms with Crippen LogP contribution in [0.25, 0.3) is 0 Å². The van der Waals surface area contributed by atoms with Crippen LogP contribution >= 0.6 is 0 Å². The molecule has 0 unspecified atom stereocenters. The van der Waals surface area contributed by atoms with Gasteiger partial charge < -0.3 is 20.1 Å². The van der Waals surface area contributed by atoms with Gasteiger partial charge in [-0.1, -0.05) is 30.3 Å². The highest BCUT2D eigenvalue weighted by atomic mass is 16.6. The summed E-state index contributed by atoms with van der Waals surface area (Å²) < 4.78 is 1.69. The molecule has 3 rings (SSSR count). The molecule has 7 nitrogen and oxygen atoms in total. The van der Waals surface area contributed by atoms with Crippen molar-refractivity contribution < 1.29 is 10.0 Å². The van der Waals surface area contributed by atoms with Gasteiger partial charge in [0.1, 0.15) is 0 Å². The third kappa shape index (κ3) is 3.05. The topological polar surface area (TPSA) is 84.4 Å². The van der Waals surface area contributed by atoms with Crippen molar-refractivity contribution in [2.75, 3.05) is 18.0 Å². The van der Waals surface area contributed by atoms with Crippen molar-refractivity contribution in [3.63, 3.8) is 0 Å². The second-order valence-corrected chi connectivity index (χ2v) is 5.94.